The summed E-state index contributed by atoms with van der Waals surface area (Å²) in [7, 11) is 1.69. The first-order valence-electron chi connectivity index (χ1n) is 4.63. The Morgan fingerprint density at radius 2 is 2.00 bits per heavy atom. The summed E-state index contributed by atoms with van der Waals surface area (Å²) in [6.07, 6.45) is 0.125. The monoisotopic (exact) mass is 260 g/mol. The van der Waals surface area contributed by atoms with Gasteiger partial charge in [-0.3, -0.25) is 0 Å². The number of hydrogen-bond acceptors (Lipinski definition) is 2. The molecule has 0 spiro atoms. The van der Waals surface area contributed by atoms with Crippen LogP contribution < -0.4 is 4.46 Å². The second-order valence-electron chi connectivity index (χ2n) is 3.09. The number of methoxy groups -OCH3 is 1. The number of aliphatic hydroxyl groups is 1. The quantitative estimate of drug-likeness (QED) is 0.794. The molecule has 0 saturated carbocycles. The molecule has 0 aliphatic carbocycles. The van der Waals surface area contributed by atoms with E-state index in [9.17, 15) is 5.11 Å². The molecule has 3 heteroatoms. The van der Waals surface area contributed by atoms with Gasteiger partial charge in [-0.15, -0.1) is 0 Å². The Hall–Kier alpha value is -0.341. The summed E-state index contributed by atoms with van der Waals surface area (Å²) in [5.74, 6) is 0. The van der Waals surface area contributed by atoms with Gasteiger partial charge in [-0.2, -0.15) is 0 Å². The summed E-state index contributed by atoms with van der Waals surface area (Å²) in [5.41, 5.74) is 0. The number of hydrogen-bond donors (Lipinski definition) is 1. The SMILES string of the molecule is COC(C)C(CO)[Se]c1ccccc1. The Labute approximate surface area is 91.4 Å². The van der Waals surface area contributed by atoms with Gasteiger partial charge < -0.3 is 0 Å². The maximum atomic E-state index is 9.22. The molecule has 1 rings (SSSR count). The van der Waals surface area contributed by atoms with Gasteiger partial charge in [0.05, 0.1) is 0 Å². The van der Waals surface area contributed by atoms with Gasteiger partial charge in [0.25, 0.3) is 0 Å². The fourth-order valence-corrected chi connectivity index (χ4v) is 3.29. The molecule has 0 aliphatic heterocycles. The summed E-state index contributed by atoms with van der Waals surface area (Å²) >= 11 is 0.283. The van der Waals surface area contributed by atoms with Gasteiger partial charge >= 0.3 is 91.2 Å². The van der Waals surface area contributed by atoms with Crippen LogP contribution in [-0.4, -0.2) is 39.9 Å². The molecule has 0 radical (unpaired) electrons. The van der Waals surface area contributed by atoms with Crippen molar-refractivity contribution in [3.8, 4) is 0 Å². The van der Waals surface area contributed by atoms with Gasteiger partial charge in [-0.1, -0.05) is 0 Å². The summed E-state index contributed by atoms with van der Waals surface area (Å²) in [4.78, 5) is 0.245. The summed E-state index contributed by atoms with van der Waals surface area (Å²) in [5, 5.41) is 9.22. The number of benzene rings is 1. The number of rotatable bonds is 5. The van der Waals surface area contributed by atoms with Crippen molar-refractivity contribution < 1.29 is 9.84 Å². The van der Waals surface area contributed by atoms with Gasteiger partial charge in [-0.05, 0) is 0 Å². The van der Waals surface area contributed by atoms with E-state index < -0.39 is 0 Å². The molecular formula is C11H16O2Se. The zero-order valence-corrected chi connectivity index (χ0v) is 10.2. The van der Waals surface area contributed by atoms with Crippen molar-refractivity contribution >= 4 is 19.4 Å². The van der Waals surface area contributed by atoms with E-state index in [0.29, 0.717) is 0 Å². The van der Waals surface area contributed by atoms with Crippen molar-refractivity contribution in [2.24, 2.45) is 0 Å². The van der Waals surface area contributed by atoms with Crippen LogP contribution in [0.25, 0.3) is 0 Å². The van der Waals surface area contributed by atoms with Gasteiger partial charge in [0.1, 0.15) is 0 Å². The molecule has 0 saturated heterocycles. The summed E-state index contributed by atoms with van der Waals surface area (Å²) in [6, 6.07) is 10.3. The van der Waals surface area contributed by atoms with Gasteiger partial charge in [0, 0.05) is 0 Å². The van der Waals surface area contributed by atoms with Gasteiger partial charge in [0.15, 0.2) is 0 Å². The average Bonchev–Trinajstić information content (AvgIpc) is 2.26. The standard InChI is InChI=1S/C11H16O2Se/c1-9(13-2)11(8-12)14-10-6-4-3-5-7-10/h3-7,9,11-12H,8H2,1-2H3. The molecule has 78 valence electrons. The maximum absolute atomic E-state index is 9.22. The van der Waals surface area contributed by atoms with Crippen LogP contribution in [0.4, 0.5) is 0 Å². The van der Waals surface area contributed by atoms with Gasteiger partial charge in [-0.25, -0.2) is 0 Å². The van der Waals surface area contributed by atoms with Crippen LogP contribution in [0.15, 0.2) is 30.3 Å². The topological polar surface area (TPSA) is 29.5 Å². The molecule has 1 aromatic rings. The van der Waals surface area contributed by atoms with E-state index in [1.165, 1.54) is 4.46 Å². The van der Waals surface area contributed by atoms with Crippen molar-refractivity contribution in [1.82, 2.24) is 0 Å². The van der Waals surface area contributed by atoms with Crippen LogP contribution >= 0.6 is 0 Å². The Morgan fingerprint density at radius 3 is 2.50 bits per heavy atom. The third kappa shape index (κ3) is 3.43. The second kappa shape index (κ2) is 6.20. The van der Waals surface area contributed by atoms with E-state index in [2.05, 4.69) is 12.1 Å². The van der Waals surface area contributed by atoms with E-state index in [1.807, 2.05) is 25.1 Å². The van der Waals surface area contributed by atoms with Crippen LogP contribution in [0.1, 0.15) is 6.92 Å². The fourth-order valence-electron chi connectivity index (χ4n) is 1.11. The molecule has 0 bridgehead atoms. The average molecular weight is 259 g/mol. The van der Waals surface area contributed by atoms with E-state index >= 15 is 0 Å². The first-order valence-corrected chi connectivity index (χ1v) is 6.48. The molecule has 14 heavy (non-hydrogen) atoms. The third-order valence-corrected chi connectivity index (χ3v) is 5.00. The molecule has 0 aromatic heterocycles. The van der Waals surface area contributed by atoms with Crippen LogP contribution in [0.5, 0.6) is 0 Å². The Bertz CT molecular complexity index is 251. The molecule has 0 heterocycles. The minimum absolute atomic E-state index is 0.125. The van der Waals surface area contributed by atoms with Crippen molar-refractivity contribution in [2.75, 3.05) is 13.7 Å². The molecule has 0 amide bonds. The normalized spacial score (nSPS) is 15.1. The fraction of sp³-hybridized carbons (Fsp3) is 0.455. The van der Waals surface area contributed by atoms with E-state index in [4.69, 9.17) is 4.74 Å². The first kappa shape index (κ1) is 11.7. The van der Waals surface area contributed by atoms with Gasteiger partial charge in [0.2, 0.25) is 0 Å². The molecule has 2 nitrogen and oxygen atoms in total. The van der Waals surface area contributed by atoms with Crippen molar-refractivity contribution in [2.45, 2.75) is 17.8 Å². The summed E-state index contributed by atoms with van der Waals surface area (Å²) < 4.78 is 6.54. The molecular weight excluding hydrogens is 243 g/mol. The number of aliphatic hydroxyl groups excluding tert-OH is 1. The van der Waals surface area contributed by atoms with E-state index in [1.54, 1.807) is 7.11 Å². The van der Waals surface area contributed by atoms with Crippen molar-refractivity contribution in [3.63, 3.8) is 0 Å². The zero-order valence-electron chi connectivity index (χ0n) is 8.51. The van der Waals surface area contributed by atoms with E-state index in [0.717, 1.165) is 0 Å². The predicted molar refractivity (Wildman–Crippen MR) is 59.1 cm³/mol. The zero-order chi connectivity index (χ0) is 10.4. The molecule has 2 unspecified atom stereocenters. The van der Waals surface area contributed by atoms with Crippen molar-refractivity contribution in [1.29, 1.82) is 0 Å². The predicted octanol–water partition coefficient (Wildman–Crippen LogP) is 0.832. The van der Waals surface area contributed by atoms with Crippen LogP contribution in [0, 0.1) is 0 Å². The van der Waals surface area contributed by atoms with Crippen LogP contribution in [0.3, 0.4) is 0 Å². The Morgan fingerprint density at radius 1 is 1.36 bits per heavy atom. The molecule has 0 aliphatic rings. The molecule has 1 aromatic carbocycles. The molecule has 2 atom stereocenters. The third-order valence-electron chi connectivity index (χ3n) is 2.11. The second-order valence-corrected chi connectivity index (χ2v) is 5.85. The van der Waals surface area contributed by atoms with Crippen molar-refractivity contribution in [3.05, 3.63) is 30.3 Å². The molecule has 0 fully saturated rings. The first-order chi connectivity index (χ1) is 6.77. The van der Waals surface area contributed by atoms with Crippen LogP contribution in [0.2, 0.25) is 4.82 Å². The van der Waals surface area contributed by atoms with Crippen LogP contribution in [-0.2, 0) is 4.74 Å². The van der Waals surface area contributed by atoms with E-state index in [-0.39, 0.29) is 32.5 Å². The number of ether oxygens (including phenoxy) is 1. The Kier molecular flexibility index (Phi) is 5.20. The minimum atomic E-state index is 0.125. The summed E-state index contributed by atoms with van der Waals surface area (Å²) in [6.45, 7) is 2.20. The molecule has 1 N–H and O–H groups in total. The Balaban J connectivity index is 2.57.